The van der Waals surface area contributed by atoms with Crippen molar-refractivity contribution < 1.29 is 4.74 Å². The molecule has 1 aromatic rings. The van der Waals surface area contributed by atoms with Gasteiger partial charge in [-0.25, -0.2) is 0 Å². The molecule has 3 aliphatic rings. The topological polar surface area (TPSA) is 27.7 Å². The molecule has 0 bridgehead atoms. The molecule has 3 aliphatic heterocycles. The van der Waals surface area contributed by atoms with Gasteiger partial charge < -0.3 is 15.0 Å². The summed E-state index contributed by atoms with van der Waals surface area (Å²) >= 11 is 0. The summed E-state index contributed by atoms with van der Waals surface area (Å²) in [5.74, 6) is 1.91. The third-order valence-electron chi connectivity index (χ3n) is 6.43. The average molecular weight is 430 g/mol. The predicted molar refractivity (Wildman–Crippen MR) is 121 cm³/mol. The van der Waals surface area contributed by atoms with E-state index >= 15 is 0 Å². The Bertz CT molecular complexity index is 568. The fraction of sp³-hybridized carbons (Fsp3) is 0.727. The van der Waals surface area contributed by atoms with Gasteiger partial charge in [0.15, 0.2) is 0 Å². The summed E-state index contributed by atoms with van der Waals surface area (Å²) in [7, 11) is 0. The molecular formula is C22H37Cl2N3O. The SMILES string of the molecule is Cl.Cl.c1cc(CN2CC[C@H]3CNC[C@H]32)cc(OCCCCN2CCCCC2)c1. The van der Waals surface area contributed by atoms with Gasteiger partial charge in [-0.3, -0.25) is 4.90 Å². The van der Waals surface area contributed by atoms with E-state index in [2.05, 4.69) is 39.4 Å². The molecule has 0 unspecified atom stereocenters. The van der Waals surface area contributed by atoms with Gasteiger partial charge in [0, 0.05) is 19.1 Å². The first kappa shape index (κ1) is 23.8. The summed E-state index contributed by atoms with van der Waals surface area (Å²) in [5.41, 5.74) is 1.39. The van der Waals surface area contributed by atoms with Crippen LogP contribution in [0.15, 0.2) is 24.3 Å². The number of benzene rings is 1. The highest BCUT2D eigenvalue weighted by Gasteiger charge is 2.37. The van der Waals surface area contributed by atoms with Crippen molar-refractivity contribution in [2.75, 3.05) is 45.9 Å². The fourth-order valence-corrected chi connectivity index (χ4v) is 4.91. The molecule has 3 fully saturated rings. The van der Waals surface area contributed by atoms with E-state index in [1.54, 1.807) is 0 Å². The normalized spacial score (nSPS) is 25.0. The maximum Gasteiger partial charge on any atom is 0.119 e. The van der Waals surface area contributed by atoms with Crippen molar-refractivity contribution in [3.05, 3.63) is 29.8 Å². The molecular weight excluding hydrogens is 393 g/mol. The van der Waals surface area contributed by atoms with Crippen LogP contribution >= 0.6 is 24.8 Å². The number of halogens is 2. The van der Waals surface area contributed by atoms with Gasteiger partial charge in [0.1, 0.15) is 5.75 Å². The van der Waals surface area contributed by atoms with Crippen LogP contribution in [0, 0.1) is 5.92 Å². The summed E-state index contributed by atoms with van der Waals surface area (Å²) in [6.07, 6.45) is 7.96. The van der Waals surface area contributed by atoms with E-state index in [4.69, 9.17) is 4.74 Å². The van der Waals surface area contributed by atoms with Crippen LogP contribution in [0.1, 0.15) is 44.1 Å². The molecule has 160 valence electrons. The molecule has 3 heterocycles. The molecule has 6 heteroatoms. The Morgan fingerprint density at radius 2 is 1.86 bits per heavy atom. The minimum atomic E-state index is 0. The van der Waals surface area contributed by atoms with Crippen LogP contribution < -0.4 is 10.1 Å². The minimum Gasteiger partial charge on any atom is -0.494 e. The molecule has 0 radical (unpaired) electrons. The third kappa shape index (κ3) is 6.50. The number of likely N-dealkylation sites (tertiary alicyclic amines) is 2. The molecule has 3 saturated heterocycles. The van der Waals surface area contributed by atoms with Gasteiger partial charge in [-0.2, -0.15) is 0 Å². The molecule has 0 aromatic heterocycles. The molecule has 2 atom stereocenters. The second-order valence-electron chi connectivity index (χ2n) is 8.35. The lowest BCUT2D eigenvalue weighted by Crippen LogP contribution is -2.33. The Labute approximate surface area is 183 Å². The van der Waals surface area contributed by atoms with Crippen molar-refractivity contribution in [2.45, 2.75) is 51.1 Å². The van der Waals surface area contributed by atoms with Crippen LogP contribution in [0.2, 0.25) is 0 Å². The Hall–Kier alpha value is -0.520. The second-order valence-corrected chi connectivity index (χ2v) is 8.35. The van der Waals surface area contributed by atoms with Crippen molar-refractivity contribution in [1.82, 2.24) is 15.1 Å². The molecule has 4 rings (SSSR count). The molecule has 1 aromatic carbocycles. The molecule has 0 saturated carbocycles. The summed E-state index contributed by atoms with van der Waals surface area (Å²) in [6, 6.07) is 9.50. The zero-order chi connectivity index (χ0) is 17.6. The Morgan fingerprint density at radius 1 is 1.00 bits per heavy atom. The van der Waals surface area contributed by atoms with Crippen molar-refractivity contribution in [1.29, 1.82) is 0 Å². The number of rotatable bonds is 8. The largest absolute Gasteiger partial charge is 0.494 e. The number of hydrogen-bond donors (Lipinski definition) is 1. The first-order valence-corrected chi connectivity index (χ1v) is 10.8. The lowest BCUT2D eigenvalue weighted by atomic mass is 10.0. The maximum atomic E-state index is 6.04. The van der Waals surface area contributed by atoms with Gasteiger partial charge in [-0.15, -0.1) is 24.8 Å². The molecule has 0 aliphatic carbocycles. The van der Waals surface area contributed by atoms with Crippen molar-refractivity contribution in [2.24, 2.45) is 5.92 Å². The number of nitrogens with one attached hydrogen (secondary N) is 1. The molecule has 28 heavy (non-hydrogen) atoms. The van der Waals surface area contributed by atoms with Crippen LogP contribution in [-0.4, -0.2) is 61.7 Å². The van der Waals surface area contributed by atoms with Crippen molar-refractivity contribution in [3.63, 3.8) is 0 Å². The van der Waals surface area contributed by atoms with Gasteiger partial charge in [0.05, 0.1) is 6.61 Å². The highest BCUT2D eigenvalue weighted by molar-refractivity contribution is 5.85. The van der Waals surface area contributed by atoms with Crippen molar-refractivity contribution >= 4 is 24.8 Å². The van der Waals surface area contributed by atoms with Crippen LogP contribution in [-0.2, 0) is 6.54 Å². The Balaban J connectivity index is 0.00000140. The monoisotopic (exact) mass is 429 g/mol. The zero-order valence-corrected chi connectivity index (χ0v) is 18.6. The van der Waals surface area contributed by atoms with Gasteiger partial charge in [0.25, 0.3) is 0 Å². The van der Waals surface area contributed by atoms with Crippen LogP contribution in [0.3, 0.4) is 0 Å². The van der Waals surface area contributed by atoms with E-state index < -0.39 is 0 Å². The van der Waals surface area contributed by atoms with E-state index in [0.29, 0.717) is 0 Å². The second kappa shape index (κ2) is 12.2. The summed E-state index contributed by atoms with van der Waals surface area (Å²) in [6.45, 7) is 9.38. The summed E-state index contributed by atoms with van der Waals surface area (Å²) in [5, 5.41) is 3.55. The van der Waals surface area contributed by atoms with Gasteiger partial charge in [-0.1, -0.05) is 18.6 Å². The Morgan fingerprint density at radius 3 is 2.71 bits per heavy atom. The maximum absolute atomic E-state index is 6.04. The van der Waals surface area contributed by atoms with Crippen molar-refractivity contribution in [3.8, 4) is 5.75 Å². The third-order valence-corrected chi connectivity index (χ3v) is 6.43. The molecule has 0 spiro atoms. The van der Waals surface area contributed by atoms with E-state index in [9.17, 15) is 0 Å². The van der Waals surface area contributed by atoms with Crippen LogP contribution in [0.25, 0.3) is 0 Å². The van der Waals surface area contributed by atoms with E-state index in [-0.39, 0.29) is 24.8 Å². The van der Waals surface area contributed by atoms with E-state index in [0.717, 1.165) is 43.8 Å². The van der Waals surface area contributed by atoms with Crippen LogP contribution in [0.4, 0.5) is 0 Å². The molecule has 0 amide bonds. The van der Waals surface area contributed by atoms with Gasteiger partial charge in [-0.05, 0) is 88.4 Å². The number of piperidine rings is 1. The number of unbranched alkanes of at least 4 members (excludes halogenated alkanes) is 1. The summed E-state index contributed by atoms with van der Waals surface area (Å²) < 4.78 is 6.04. The standard InChI is InChI=1S/C22H35N3O.2ClH/c1-2-10-24(11-3-1)12-4-5-14-26-21-8-6-7-19(15-21)18-25-13-9-20-16-23-17-22(20)25;;/h6-8,15,20,22-23H,1-5,9-14,16-18H2;2*1H/t20-,22+;;/m0../s1. The predicted octanol–water partition coefficient (Wildman–Crippen LogP) is 3.97. The highest BCUT2D eigenvalue weighted by atomic mass is 35.5. The quantitative estimate of drug-likeness (QED) is 0.632. The smallest absolute Gasteiger partial charge is 0.119 e. The van der Waals surface area contributed by atoms with Gasteiger partial charge >= 0.3 is 0 Å². The fourth-order valence-electron chi connectivity index (χ4n) is 4.91. The van der Waals surface area contributed by atoms with Crippen LogP contribution in [0.5, 0.6) is 5.75 Å². The lowest BCUT2D eigenvalue weighted by Gasteiger charge is -2.26. The molecule has 1 N–H and O–H groups in total. The Kier molecular flexibility index (Phi) is 10.4. The van der Waals surface area contributed by atoms with E-state index in [1.165, 1.54) is 70.4 Å². The van der Waals surface area contributed by atoms with E-state index in [1.807, 2.05) is 0 Å². The highest BCUT2D eigenvalue weighted by Crippen LogP contribution is 2.29. The minimum absolute atomic E-state index is 0. The molecule has 4 nitrogen and oxygen atoms in total. The summed E-state index contributed by atoms with van der Waals surface area (Å²) in [4.78, 5) is 5.27. The number of nitrogens with zero attached hydrogens (tertiary/aromatic N) is 2. The lowest BCUT2D eigenvalue weighted by molar-refractivity contribution is 0.215. The number of ether oxygens (including phenoxy) is 1. The first-order chi connectivity index (χ1) is 12.9. The average Bonchev–Trinajstić information content (AvgIpc) is 3.28. The van der Waals surface area contributed by atoms with Gasteiger partial charge in [0.2, 0.25) is 0 Å². The number of hydrogen-bond acceptors (Lipinski definition) is 4. The number of fused-ring (bicyclic) bond motifs is 1. The zero-order valence-electron chi connectivity index (χ0n) is 17.0. The first-order valence-electron chi connectivity index (χ1n) is 10.8.